The molecule has 0 aliphatic carbocycles. The van der Waals surface area contributed by atoms with E-state index >= 15 is 0 Å². The number of hydrogen-bond acceptors (Lipinski definition) is 3. The van der Waals surface area contributed by atoms with Gasteiger partial charge in [0.2, 0.25) is 5.91 Å². The lowest BCUT2D eigenvalue weighted by Gasteiger charge is -2.10. The second-order valence-corrected chi connectivity index (χ2v) is 5.89. The fourth-order valence-corrected chi connectivity index (χ4v) is 2.94. The van der Waals surface area contributed by atoms with Crippen molar-refractivity contribution in [2.24, 2.45) is 7.05 Å². The summed E-state index contributed by atoms with van der Waals surface area (Å²) in [7, 11) is 3.35. The van der Waals surface area contributed by atoms with Crippen LogP contribution in [-0.2, 0) is 36.3 Å². The number of rotatable bonds is 6. The van der Waals surface area contributed by atoms with Gasteiger partial charge in [0, 0.05) is 20.7 Å². The first-order valence-electron chi connectivity index (χ1n) is 8.08. The summed E-state index contributed by atoms with van der Waals surface area (Å²) in [5, 5.41) is 2.88. The molecule has 0 unspecified atom stereocenters. The summed E-state index contributed by atoms with van der Waals surface area (Å²) >= 11 is 0. The quantitative estimate of drug-likeness (QED) is 0.745. The zero-order valence-corrected chi connectivity index (χ0v) is 14.4. The van der Waals surface area contributed by atoms with Gasteiger partial charge in [0.05, 0.1) is 17.6 Å². The molecule has 0 saturated carbocycles. The number of carbonyl (C=O) groups excluding carboxylic acids is 1. The number of aromatic nitrogens is 2. The van der Waals surface area contributed by atoms with Crippen LogP contribution in [0.3, 0.4) is 0 Å². The van der Waals surface area contributed by atoms with Crippen molar-refractivity contribution in [3.63, 3.8) is 0 Å². The highest BCUT2D eigenvalue weighted by molar-refractivity contribution is 5.80. The molecular weight excluding hydrogens is 318 g/mol. The number of aryl methyl sites for hydroxylation is 1. The summed E-state index contributed by atoms with van der Waals surface area (Å²) in [6.45, 7) is 0.888. The third kappa shape index (κ3) is 3.49. The fraction of sp³-hybridized carbons (Fsp3) is 0.263. The Morgan fingerprint density at radius 3 is 2.40 bits per heavy atom. The smallest absolute Gasteiger partial charge is 0.329 e. The van der Waals surface area contributed by atoms with Crippen LogP contribution < -0.4 is 11.0 Å². The van der Waals surface area contributed by atoms with Crippen molar-refractivity contribution >= 4 is 16.9 Å². The fourth-order valence-electron chi connectivity index (χ4n) is 2.94. The molecule has 1 amide bonds. The van der Waals surface area contributed by atoms with Crippen molar-refractivity contribution in [1.82, 2.24) is 14.5 Å². The second kappa shape index (κ2) is 7.36. The molecule has 1 heterocycles. The van der Waals surface area contributed by atoms with E-state index in [4.69, 9.17) is 4.74 Å². The average molecular weight is 339 g/mol. The molecule has 6 nitrogen and oxygen atoms in total. The minimum Gasteiger partial charge on any atom is -0.380 e. The second-order valence-electron chi connectivity index (χ2n) is 5.89. The van der Waals surface area contributed by atoms with Gasteiger partial charge in [-0.2, -0.15) is 0 Å². The molecule has 0 fully saturated rings. The van der Waals surface area contributed by atoms with Gasteiger partial charge in [-0.15, -0.1) is 0 Å². The predicted molar refractivity (Wildman–Crippen MR) is 96.2 cm³/mol. The Balaban J connectivity index is 1.74. The van der Waals surface area contributed by atoms with E-state index in [9.17, 15) is 9.59 Å². The maximum absolute atomic E-state index is 12.4. The third-order valence-corrected chi connectivity index (χ3v) is 4.25. The van der Waals surface area contributed by atoms with E-state index in [0.29, 0.717) is 13.2 Å². The standard InChI is InChI=1S/C19H21N3O3/c1-21-16-9-5-6-10-17(16)22(19(21)24)12-18(23)20-11-14-7-3-4-8-15(14)13-25-2/h3-10H,11-13H2,1-2H3,(H,20,23). The lowest BCUT2D eigenvalue weighted by Crippen LogP contribution is -2.32. The number of imidazole rings is 1. The van der Waals surface area contributed by atoms with E-state index < -0.39 is 0 Å². The van der Waals surface area contributed by atoms with Gasteiger partial charge >= 0.3 is 5.69 Å². The minimum atomic E-state index is -0.203. The molecule has 6 heteroatoms. The molecule has 0 saturated heterocycles. The Hall–Kier alpha value is -2.86. The van der Waals surface area contributed by atoms with Crippen LogP contribution in [0.4, 0.5) is 0 Å². The topological polar surface area (TPSA) is 65.3 Å². The van der Waals surface area contributed by atoms with Crippen LogP contribution >= 0.6 is 0 Å². The van der Waals surface area contributed by atoms with Crippen molar-refractivity contribution in [1.29, 1.82) is 0 Å². The number of ether oxygens (including phenoxy) is 1. The van der Waals surface area contributed by atoms with Crippen molar-refractivity contribution in [2.45, 2.75) is 19.7 Å². The third-order valence-electron chi connectivity index (χ3n) is 4.25. The van der Waals surface area contributed by atoms with Gasteiger partial charge in [0.15, 0.2) is 0 Å². The maximum atomic E-state index is 12.4. The van der Waals surface area contributed by atoms with Crippen molar-refractivity contribution in [3.8, 4) is 0 Å². The number of fused-ring (bicyclic) bond motifs is 1. The number of benzene rings is 2. The SMILES string of the molecule is COCc1ccccc1CNC(=O)Cn1c(=O)n(C)c2ccccc21. The van der Waals surface area contributed by atoms with Gasteiger partial charge in [-0.25, -0.2) is 4.79 Å². The lowest BCUT2D eigenvalue weighted by atomic mass is 10.1. The number of para-hydroxylation sites is 2. The van der Waals surface area contributed by atoms with Gasteiger partial charge in [0.25, 0.3) is 0 Å². The van der Waals surface area contributed by atoms with Crippen molar-refractivity contribution < 1.29 is 9.53 Å². The molecule has 0 spiro atoms. The lowest BCUT2D eigenvalue weighted by molar-refractivity contribution is -0.121. The number of nitrogens with one attached hydrogen (secondary N) is 1. The summed E-state index contributed by atoms with van der Waals surface area (Å²) in [5.74, 6) is -0.203. The van der Waals surface area contributed by atoms with Gasteiger partial charge in [-0.05, 0) is 23.3 Å². The Labute approximate surface area is 145 Å². The van der Waals surface area contributed by atoms with Gasteiger partial charge in [-0.3, -0.25) is 13.9 Å². The molecule has 0 bridgehead atoms. The molecule has 0 aliphatic heterocycles. The number of hydrogen-bond donors (Lipinski definition) is 1. The molecule has 0 aliphatic rings. The summed E-state index contributed by atoms with van der Waals surface area (Å²) in [5.41, 5.74) is 3.41. The van der Waals surface area contributed by atoms with E-state index in [-0.39, 0.29) is 18.1 Å². The maximum Gasteiger partial charge on any atom is 0.329 e. The molecule has 3 aromatic rings. The van der Waals surface area contributed by atoms with Crippen LogP contribution in [0, 0.1) is 0 Å². The molecule has 1 N–H and O–H groups in total. The largest absolute Gasteiger partial charge is 0.380 e. The predicted octanol–water partition coefficient (Wildman–Crippen LogP) is 1.80. The zero-order chi connectivity index (χ0) is 17.8. The van der Waals surface area contributed by atoms with E-state index in [2.05, 4.69) is 5.32 Å². The Bertz CT molecular complexity index is 956. The van der Waals surface area contributed by atoms with Crippen LogP contribution in [0.5, 0.6) is 0 Å². The van der Waals surface area contributed by atoms with E-state index in [0.717, 1.165) is 22.2 Å². The van der Waals surface area contributed by atoms with Gasteiger partial charge in [0.1, 0.15) is 6.54 Å². The average Bonchev–Trinajstić information content (AvgIpc) is 2.87. The minimum absolute atomic E-state index is 0.00731. The van der Waals surface area contributed by atoms with E-state index in [1.165, 1.54) is 4.57 Å². The van der Waals surface area contributed by atoms with Crippen LogP contribution in [0.1, 0.15) is 11.1 Å². The highest BCUT2D eigenvalue weighted by atomic mass is 16.5. The number of nitrogens with zero attached hydrogens (tertiary/aromatic N) is 2. The van der Waals surface area contributed by atoms with Crippen LogP contribution in [0.15, 0.2) is 53.3 Å². The number of amides is 1. The first kappa shape index (κ1) is 17.0. The van der Waals surface area contributed by atoms with Crippen LogP contribution in [-0.4, -0.2) is 22.2 Å². The monoisotopic (exact) mass is 339 g/mol. The zero-order valence-electron chi connectivity index (χ0n) is 14.4. The van der Waals surface area contributed by atoms with Crippen LogP contribution in [0.25, 0.3) is 11.0 Å². The Kier molecular flexibility index (Phi) is 5.00. The first-order valence-corrected chi connectivity index (χ1v) is 8.08. The Morgan fingerprint density at radius 2 is 1.68 bits per heavy atom. The number of carbonyl (C=O) groups is 1. The molecule has 130 valence electrons. The number of methoxy groups -OCH3 is 1. The normalized spacial score (nSPS) is 11.0. The molecular formula is C19H21N3O3. The molecule has 1 aromatic heterocycles. The molecule has 2 aromatic carbocycles. The highest BCUT2D eigenvalue weighted by Crippen LogP contribution is 2.12. The Morgan fingerprint density at radius 1 is 1.04 bits per heavy atom. The molecule has 0 atom stereocenters. The van der Waals surface area contributed by atoms with Crippen molar-refractivity contribution in [3.05, 3.63) is 70.1 Å². The van der Waals surface area contributed by atoms with E-state index in [1.54, 1.807) is 18.7 Å². The summed E-state index contributed by atoms with van der Waals surface area (Å²) in [6.07, 6.45) is 0. The van der Waals surface area contributed by atoms with E-state index in [1.807, 2.05) is 48.5 Å². The highest BCUT2D eigenvalue weighted by Gasteiger charge is 2.13. The molecule has 25 heavy (non-hydrogen) atoms. The summed E-state index contributed by atoms with van der Waals surface area (Å²) in [4.78, 5) is 24.7. The van der Waals surface area contributed by atoms with Crippen LogP contribution in [0.2, 0.25) is 0 Å². The molecule has 3 rings (SSSR count). The van der Waals surface area contributed by atoms with Crippen molar-refractivity contribution in [2.75, 3.05) is 7.11 Å². The summed E-state index contributed by atoms with van der Waals surface area (Å²) in [6, 6.07) is 15.2. The summed E-state index contributed by atoms with van der Waals surface area (Å²) < 4.78 is 8.22. The molecule has 0 radical (unpaired) electrons. The van der Waals surface area contributed by atoms with Gasteiger partial charge in [-0.1, -0.05) is 36.4 Å². The first-order chi connectivity index (χ1) is 12.1. The van der Waals surface area contributed by atoms with Gasteiger partial charge < -0.3 is 10.1 Å².